The van der Waals surface area contributed by atoms with Gasteiger partial charge in [0.2, 0.25) is 0 Å². The largest absolute Gasteiger partial charge is 0.537 e. The van der Waals surface area contributed by atoms with E-state index in [-0.39, 0.29) is 0 Å². The van der Waals surface area contributed by atoms with Crippen molar-refractivity contribution in [1.29, 1.82) is 0 Å². The fraction of sp³-hybridized carbons (Fsp3) is 0.333. The minimum atomic E-state index is -2.68. The fourth-order valence-corrected chi connectivity index (χ4v) is 4.14. The van der Waals surface area contributed by atoms with Crippen LogP contribution in [0.1, 0.15) is 0 Å². The zero-order valence-corrected chi connectivity index (χ0v) is 11.0. The quantitative estimate of drug-likeness (QED) is 0.781. The van der Waals surface area contributed by atoms with Gasteiger partial charge >= 0.3 is 8.80 Å². The number of hydrogen-bond acceptors (Lipinski definition) is 3. The highest BCUT2D eigenvalue weighted by Crippen LogP contribution is 2.14. The molecule has 1 aromatic rings. The van der Waals surface area contributed by atoms with Gasteiger partial charge in [-0.3, -0.25) is 0 Å². The molecule has 0 atom stereocenters. The van der Waals surface area contributed by atoms with E-state index in [1.54, 1.807) is 21.3 Å². The van der Waals surface area contributed by atoms with Crippen molar-refractivity contribution in [2.45, 2.75) is 0 Å². The van der Waals surface area contributed by atoms with Gasteiger partial charge < -0.3 is 13.3 Å². The molecule has 5 heteroatoms. The van der Waals surface area contributed by atoms with Crippen molar-refractivity contribution in [3.63, 3.8) is 0 Å². The molecule has 0 aliphatic carbocycles. The summed E-state index contributed by atoms with van der Waals surface area (Å²) < 4.78 is 17.0. The normalized spacial score (nSPS) is 11.7. The molecule has 0 aliphatic heterocycles. The van der Waals surface area contributed by atoms with Crippen LogP contribution in [0.4, 0.5) is 0 Å². The first-order chi connectivity index (χ1) is 6.70. The molecule has 0 amide bonds. The van der Waals surface area contributed by atoms with Gasteiger partial charge in [-0.1, -0.05) is 34.1 Å². The second-order valence-electron chi connectivity index (χ2n) is 2.65. The Morgan fingerprint density at radius 3 is 1.93 bits per heavy atom. The van der Waals surface area contributed by atoms with Crippen molar-refractivity contribution in [3.05, 3.63) is 28.7 Å². The maximum absolute atomic E-state index is 5.37. The Kier molecular flexibility index (Phi) is 4.27. The molecule has 78 valence electrons. The Labute approximate surface area is 93.5 Å². The van der Waals surface area contributed by atoms with Crippen LogP contribution >= 0.6 is 15.9 Å². The lowest BCUT2D eigenvalue weighted by Gasteiger charge is -2.25. The summed E-state index contributed by atoms with van der Waals surface area (Å²) in [6.45, 7) is 0. The van der Waals surface area contributed by atoms with E-state index < -0.39 is 8.80 Å². The average Bonchev–Trinajstić information content (AvgIpc) is 2.24. The zero-order valence-electron chi connectivity index (χ0n) is 8.41. The number of rotatable bonds is 4. The first kappa shape index (κ1) is 11.9. The van der Waals surface area contributed by atoms with Gasteiger partial charge in [0.15, 0.2) is 0 Å². The molecule has 0 saturated carbocycles. The van der Waals surface area contributed by atoms with Crippen molar-refractivity contribution in [2.75, 3.05) is 21.3 Å². The molecule has 0 radical (unpaired) electrons. The monoisotopic (exact) mass is 276 g/mol. The summed E-state index contributed by atoms with van der Waals surface area (Å²) in [5.41, 5.74) is 0. The van der Waals surface area contributed by atoms with Gasteiger partial charge in [0.25, 0.3) is 0 Å². The summed E-state index contributed by atoms with van der Waals surface area (Å²) in [4.78, 5) is 0. The first-order valence-electron chi connectivity index (χ1n) is 4.10. The minimum absolute atomic E-state index is 0.938. The molecule has 1 rings (SSSR count). The molecule has 0 spiro atoms. The predicted molar refractivity (Wildman–Crippen MR) is 60.6 cm³/mol. The van der Waals surface area contributed by atoms with E-state index in [0.717, 1.165) is 9.66 Å². The molecule has 0 heterocycles. The van der Waals surface area contributed by atoms with E-state index in [4.69, 9.17) is 13.3 Å². The van der Waals surface area contributed by atoms with E-state index in [0.29, 0.717) is 0 Å². The minimum Gasteiger partial charge on any atom is -0.373 e. The molecular formula is C9H13BrO3Si. The molecule has 0 aromatic heterocycles. The number of halogens is 1. The van der Waals surface area contributed by atoms with Gasteiger partial charge in [0.05, 0.1) is 0 Å². The van der Waals surface area contributed by atoms with Crippen LogP contribution < -0.4 is 5.19 Å². The highest BCUT2D eigenvalue weighted by atomic mass is 79.9. The van der Waals surface area contributed by atoms with Crippen molar-refractivity contribution in [2.24, 2.45) is 0 Å². The van der Waals surface area contributed by atoms with Crippen molar-refractivity contribution >= 4 is 29.9 Å². The average molecular weight is 277 g/mol. The summed E-state index contributed by atoms with van der Waals surface area (Å²) in [6.07, 6.45) is 0. The molecule has 0 bridgehead atoms. The fourth-order valence-electron chi connectivity index (χ4n) is 1.29. The molecule has 0 N–H and O–H groups in total. The standard InChI is InChI=1S/C9H13BrO3Si/c1-11-14(12-2,13-3)9-7-5-4-6-8(9)10/h4-7H,1-3H3. The predicted octanol–water partition coefficient (Wildman–Crippen LogP) is 1.53. The second-order valence-corrected chi connectivity index (χ2v) is 6.38. The van der Waals surface area contributed by atoms with Gasteiger partial charge in [-0.2, -0.15) is 0 Å². The van der Waals surface area contributed by atoms with Crippen LogP contribution in [0.2, 0.25) is 0 Å². The van der Waals surface area contributed by atoms with Gasteiger partial charge in [-0.05, 0) is 6.07 Å². The van der Waals surface area contributed by atoms with E-state index in [1.165, 1.54) is 0 Å². The molecular weight excluding hydrogens is 264 g/mol. The van der Waals surface area contributed by atoms with Gasteiger partial charge in [-0.25, -0.2) is 0 Å². The smallest absolute Gasteiger partial charge is 0.373 e. The molecule has 0 fully saturated rings. The third-order valence-electron chi connectivity index (χ3n) is 2.01. The Bertz CT molecular complexity index is 294. The SMILES string of the molecule is CO[Si](OC)(OC)c1ccccc1Br. The van der Waals surface area contributed by atoms with Crippen molar-refractivity contribution in [1.82, 2.24) is 0 Å². The summed E-state index contributed by atoms with van der Waals surface area (Å²) >= 11 is 3.45. The lowest BCUT2D eigenvalue weighted by Crippen LogP contribution is -2.55. The van der Waals surface area contributed by atoms with Crippen LogP contribution in [0.15, 0.2) is 28.7 Å². The van der Waals surface area contributed by atoms with E-state index in [1.807, 2.05) is 24.3 Å². The van der Waals surface area contributed by atoms with Crippen LogP contribution in [0.3, 0.4) is 0 Å². The summed E-state index contributed by atoms with van der Waals surface area (Å²) in [5.74, 6) is 0. The van der Waals surface area contributed by atoms with Gasteiger partial charge in [0.1, 0.15) is 0 Å². The highest BCUT2D eigenvalue weighted by molar-refractivity contribution is 9.10. The Morgan fingerprint density at radius 2 is 1.50 bits per heavy atom. The topological polar surface area (TPSA) is 27.7 Å². The van der Waals surface area contributed by atoms with Gasteiger partial charge in [-0.15, -0.1) is 0 Å². The lowest BCUT2D eigenvalue weighted by atomic mass is 10.4. The summed E-state index contributed by atoms with van der Waals surface area (Å²) in [6, 6.07) is 7.74. The third-order valence-corrected chi connectivity index (χ3v) is 5.78. The molecule has 1 aromatic carbocycles. The summed E-state index contributed by atoms with van der Waals surface area (Å²) in [5, 5.41) is 0.938. The van der Waals surface area contributed by atoms with E-state index in [2.05, 4.69) is 15.9 Å². The maximum Gasteiger partial charge on any atom is 0.537 e. The molecule has 0 saturated heterocycles. The number of benzene rings is 1. The Morgan fingerprint density at radius 1 is 1.00 bits per heavy atom. The second kappa shape index (κ2) is 5.04. The lowest BCUT2D eigenvalue weighted by molar-refractivity contribution is 0.140. The van der Waals surface area contributed by atoms with Crippen LogP contribution in [-0.4, -0.2) is 30.1 Å². The molecule has 0 aliphatic rings. The maximum atomic E-state index is 5.37. The van der Waals surface area contributed by atoms with E-state index >= 15 is 0 Å². The van der Waals surface area contributed by atoms with Crippen LogP contribution in [0.25, 0.3) is 0 Å². The van der Waals surface area contributed by atoms with Crippen LogP contribution in [0, 0.1) is 0 Å². The Balaban J connectivity index is 3.17. The van der Waals surface area contributed by atoms with Crippen LogP contribution in [-0.2, 0) is 13.3 Å². The van der Waals surface area contributed by atoms with Gasteiger partial charge in [0, 0.05) is 31.0 Å². The number of hydrogen-bond donors (Lipinski definition) is 0. The van der Waals surface area contributed by atoms with Crippen LogP contribution in [0.5, 0.6) is 0 Å². The van der Waals surface area contributed by atoms with E-state index in [9.17, 15) is 0 Å². The summed E-state index contributed by atoms with van der Waals surface area (Å²) in [7, 11) is 2.10. The molecule has 0 unspecified atom stereocenters. The van der Waals surface area contributed by atoms with Crippen molar-refractivity contribution in [3.8, 4) is 0 Å². The Hall–Kier alpha value is -0.203. The highest BCUT2D eigenvalue weighted by Gasteiger charge is 2.42. The zero-order chi connectivity index (χ0) is 10.6. The molecule has 3 nitrogen and oxygen atoms in total. The first-order valence-corrected chi connectivity index (χ1v) is 6.62. The third kappa shape index (κ3) is 2.07. The molecule has 14 heavy (non-hydrogen) atoms. The van der Waals surface area contributed by atoms with Crippen molar-refractivity contribution < 1.29 is 13.3 Å².